The van der Waals surface area contributed by atoms with Crippen LogP contribution in [0.3, 0.4) is 0 Å². The van der Waals surface area contributed by atoms with Gasteiger partial charge in [-0.1, -0.05) is 26.7 Å². The van der Waals surface area contributed by atoms with Crippen molar-refractivity contribution in [1.82, 2.24) is 5.32 Å². The molecule has 2 saturated carbocycles. The van der Waals surface area contributed by atoms with Crippen molar-refractivity contribution in [3.63, 3.8) is 0 Å². The molecule has 0 aromatic carbocycles. The van der Waals surface area contributed by atoms with Crippen molar-refractivity contribution >= 4 is 0 Å². The van der Waals surface area contributed by atoms with Crippen LogP contribution < -0.4 is 5.32 Å². The van der Waals surface area contributed by atoms with Gasteiger partial charge in [-0.05, 0) is 56.8 Å². The fraction of sp³-hybridized carbons (Fsp3) is 1.00. The van der Waals surface area contributed by atoms with Crippen molar-refractivity contribution in [1.29, 1.82) is 0 Å². The molecule has 0 heterocycles. The molecule has 2 N–H and O–H groups in total. The van der Waals surface area contributed by atoms with E-state index in [1.807, 2.05) is 0 Å². The molecule has 106 valence electrons. The lowest BCUT2D eigenvalue weighted by Gasteiger charge is -2.36. The Bertz CT molecular complexity index is 245. The summed E-state index contributed by atoms with van der Waals surface area (Å²) in [5.41, 5.74) is -0.412. The highest BCUT2D eigenvalue weighted by molar-refractivity contribution is 4.88. The number of rotatable bonds is 3. The van der Waals surface area contributed by atoms with Crippen LogP contribution in [0.2, 0.25) is 0 Å². The summed E-state index contributed by atoms with van der Waals surface area (Å²) in [5.74, 6) is 1.71. The Kier molecular flexibility index (Phi) is 5.08. The van der Waals surface area contributed by atoms with Gasteiger partial charge in [0.15, 0.2) is 0 Å². The molecular formula is C16H31NO. The molecule has 0 amide bonds. The number of nitrogens with one attached hydrogen (secondary N) is 1. The van der Waals surface area contributed by atoms with Crippen molar-refractivity contribution in [2.24, 2.45) is 11.8 Å². The Balaban J connectivity index is 1.73. The summed E-state index contributed by atoms with van der Waals surface area (Å²) < 4.78 is 0. The molecule has 2 atom stereocenters. The van der Waals surface area contributed by atoms with Gasteiger partial charge in [0.25, 0.3) is 0 Å². The molecule has 0 aliphatic heterocycles. The summed E-state index contributed by atoms with van der Waals surface area (Å²) in [7, 11) is 0. The van der Waals surface area contributed by atoms with Gasteiger partial charge >= 0.3 is 0 Å². The lowest BCUT2D eigenvalue weighted by molar-refractivity contribution is -0.00850. The standard InChI is InChI=1S/C16H31NO/c1-13-4-3-5-15(7-6-13)17-12-16(18)10-8-14(2)9-11-16/h13-15,17-18H,3-12H2,1-2H3. The van der Waals surface area contributed by atoms with Crippen molar-refractivity contribution in [2.75, 3.05) is 6.54 Å². The zero-order valence-electron chi connectivity index (χ0n) is 12.3. The molecule has 2 nitrogen and oxygen atoms in total. The third kappa shape index (κ3) is 4.24. The lowest BCUT2D eigenvalue weighted by Crippen LogP contribution is -2.46. The van der Waals surface area contributed by atoms with Crippen molar-refractivity contribution < 1.29 is 5.11 Å². The van der Waals surface area contributed by atoms with E-state index in [1.165, 1.54) is 44.9 Å². The maximum absolute atomic E-state index is 10.6. The Labute approximate surface area is 113 Å². The van der Waals surface area contributed by atoms with Crippen LogP contribution in [0, 0.1) is 11.8 Å². The Morgan fingerprint density at radius 2 is 1.61 bits per heavy atom. The van der Waals surface area contributed by atoms with Crippen LogP contribution in [0.4, 0.5) is 0 Å². The molecule has 0 saturated heterocycles. The smallest absolute Gasteiger partial charge is 0.0771 e. The van der Waals surface area contributed by atoms with Gasteiger partial charge in [-0.15, -0.1) is 0 Å². The lowest BCUT2D eigenvalue weighted by atomic mass is 9.79. The minimum absolute atomic E-state index is 0.412. The van der Waals surface area contributed by atoms with Crippen molar-refractivity contribution in [2.45, 2.75) is 83.3 Å². The summed E-state index contributed by atoms with van der Waals surface area (Å²) in [5, 5.41) is 14.2. The first-order chi connectivity index (χ1) is 8.57. The number of hydrogen-bond acceptors (Lipinski definition) is 2. The second kappa shape index (κ2) is 6.38. The second-order valence-corrected chi connectivity index (χ2v) is 7.10. The van der Waals surface area contributed by atoms with Gasteiger partial charge in [0.2, 0.25) is 0 Å². The molecule has 2 unspecified atom stereocenters. The van der Waals surface area contributed by atoms with Gasteiger partial charge in [0.1, 0.15) is 0 Å². The molecular weight excluding hydrogens is 222 g/mol. The summed E-state index contributed by atoms with van der Waals surface area (Å²) in [4.78, 5) is 0. The van der Waals surface area contributed by atoms with E-state index in [1.54, 1.807) is 0 Å². The Morgan fingerprint density at radius 1 is 0.944 bits per heavy atom. The molecule has 0 radical (unpaired) electrons. The maximum Gasteiger partial charge on any atom is 0.0771 e. The van der Waals surface area contributed by atoms with Gasteiger partial charge in [0.05, 0.1) is 5.60 Å². The third-order valence-corrected chi connectivity index (χ3v) is 5.18. The highest BCUT2D eigenvalue weighted by Gasteiger charge is 2.32. The highest BCUT2D eigenvalue weighted by atomic mass is 16.3. The molecule has 2 rings (SSSR count). The van der Waals surface area contributed by atoms with E-state index < -0.39 is 5.60 Å². The van der Waals surface area contributed by atoms with E-state index in [4.69, 9.17) is 0 Å². The predicted molar refractivity (Wildman–Crippen MR) is 76.6 cm³/mol. The fourth-order valence-electron chi connectivity index (χ4n) is 3.50. The van der Waals surface area contributed by atoms with Gasteiger partial charge in [-0.2, -0.15) is 0 Å². The molecule has 0 aromatic rings. The summed E-state index contributed by atoms with van der Waals surface area (Å²) >= 11 is 0. The van der Waals surface area contributed by atoms with Gasteiger partial charge in [0, 0.05) is 12.6 Å². The van der Waals surface area contributed by atoms with Crippen LogP contribution in [0.25, 0.3) is 0 Å². The predicted octanol–water partition coefficient (Wildman–Crippen LogP) is 3.49. The first-order valence-electron chi connectivity index (χ1n) is 8.03. The first kappa shape index (κ1) is 14.3. The third-order valence-electron chi connectivity index (χ3n) is 5.18. The van der Waals surface area contributed by atoms with E-state index in [-0.39, 0.29) is 0 Å². The van der Waals surface area contributed by atoms with E-state index >= 15 is 0 Å². The molecule has 2 heteroatoms. The van der Waals surface area contributed by atoms with Crippen LogP contribution in [0.15, 0.2) is 0 Å². The Morgan fingerprint density at radius 3 is 2.33 bits per heavy atom. The number of aliphatic hydroxyl groups is 1. The first-order valence-corrected chi connectivity index (χ1v) is 8.03. The monoisotopic (exact) mass is 253 g/mol. The zero-order valence-corrected chi connectivity index (χ0v) is 12.3. The quantitative estimate of drug-likeness (QED) is 0.755. The second-order valence-electron chi connectivity index (χ2n) is 7.10. The summed E-state index contributed by atoms with van der Waals surface area (Å²) in [6.45, 7) is 5.50. The minimum Gasteiger partial charge on any atom is -0.389 e. The number of hydrogen-bond donors (Lipinski definition) is 2. The molecule has 0 bridgehead atoms. The van der Waals surface area contributed by atoms with Crippen LogP contribution in [0.1, 0.15) is 71.6 Å². The van der Waals surface area contributed by atoms with E-state index in [2.05, 4.69) is 19.2 Å². The largest absolute Gasteiger partial charge is 0.389 e. The van der Waals surface area contributed by atoms with Crippen LogP contribution in [-0.2, 0) is 0 Å². The van der Waals surface area contributed by atoms with Crippen LogP contribution in [0.5, 0.6) is 0 Å². The SMILES string of the molecule is CC1CCCC(NCC2(O)CCC(C)CC2)CC1. The normalized spacial score (nSPS) is 42.5. The zero-order chi connectivity index (χ0) is 13.0. The maximum atomic E-state index is 10.6. The van der Waals surface area contributed by atoms with E-state index in [9.17, 15) is 5.11 Å². The molecule has 2 aliphatic rings. The summed E-state index contributed by atoms with van der Waals surface area (Å²) in [6.07, 6.45) is 11.1. The van der Waals surface area contributed by atoms with Crippen molar-refractivity contribution in [3.05, 3.63) is 0 Å². The fourth-order valence-corrected chi connectivity index (χ4v) is 3.50. The molecule has 0 spiro atoms. The molecule has 0 aromatic heterocycles. The topological polar surface area (TPSA) is 32.3 Å². The minimum atomic E-state index is -0.412. The van der Waals surface area contributed by atoms with Gasteiger partial charge < -0.3 is 10.4 Å². The Hall–Kier alpha value is -0.0800. The summed E-state index contributed by atoms with van der Waals surface area (Å²) in [6, 6.07) is 0.651. The van der Waals surface area contributed by atoms with Crippen LogP contribution in [-0.4, -0.2) is 23.3 Å². The molecule has 2 aliphatic carbocycles. The van der Waals surface area contributed by atoms with E-state index in [0.717, 1.165) is 31.2 Å². The molecule has 18 heavy (non-hydrogen) atoms. The highest BCUT2D eigenvalue weighted by Crippen LogP contribution is 2.31. The van der Waals surface area contributed by atoms with Crippen molar-refractivity contribution in [3.8, 4) is 0 Å². The van der Waals surface area contributed by atoms with Gasteiger partial charge in [-0.25, -0.2) is 0 Å². The average Bonchev–Trinajstić information content (AvgIpc) is 2.56. The van der Waals surface area contributed by atoms with Gasteiger partial charge in [-0.3, -0.25) is 0 Å². The molecule has 2 fully saturated rings. The van der Waals surface area contributed by atoms with Crippen LogP contribution >= 0.6 is 0 Å². The average molecular weight is 253 g/mol. The van der Waals surface area contributed by atoms with E-state index in [0.29, 0.717) is 6.04 Å².